The molecule has 0 aliphatic carbocycles. The number of amides is 1. The Hall–Kier alpha value is -1.27. The lowest BCUT2D eigenvalue weighted by atomic mass is 10.1. The van der Waals surface area contributed by atoms with Crippen LogP contribution >= 0.6 is 12.4 Å². The molecule has 0 aromatic heterocycles. The van der Waals surface area contributed by atoms with E-state index in [0.717, 1.165) is 0 Å². The molecule has 7 heteroatoms. The van der Waals surface area contributed by atoms with Gasteiger partial charge in [-0.25, -0.2) is 13.2 Å². The highest BCUT2D eigenvalue weighted by molar-refractivity contribution is 5.95. The molecule has 1 atom stereocenters. The van der Waals surface area contributed by atoms with Gasteiger partial charge < -0.3 is 5.32 Å². The Kier molecular flexibility index (Phi) is 4.81. The molecule has 1 aliphatic heterocycles. The zero-order valence-electron chi connectivity index (χ0n) is 10.2. The summed E-state index contributed by atoms with van der Waals surface area (Å²) in [7, 11) is 0. The van der Waals surface area contributed by atoms with Gasteiger partial charge in [0.2, 0.25) is 5.91 Å². The third kappa shape index (κ3) is 3.84. The maximum Gasteiger partial charge on any atom is 0.262 e. The number of hydrogen-bond acceptors (Lipinski definition) is 2. The number of alkyl halides is 2. The first-order valence-electron chi connectivity index (χ1n) is 5.56. The summed E-state index contributed by atoms with van der Waals surface area (Å²) >= 11 is 0. The van der Waals surface area contributed by atoms with Crippen LogP contribution in [0.3, 0.4) is 0 Å². The average Bonchev–Trinajstić information content (AvgIpc) is 2.64. The largest absolute Gasteiger partial charge is 0.325 e. The molecular formula is C12H14ClF3N2O. The Bertz CT molecular complexity index is 482. The minimum absolute atomic E-state index is 0. The van der Waals surface area contributed by atoms with E-state index >= 15 is 0 Å². The van der Waals surface area contributed by atoms with Crippen LogP contribution in [0.4, 0.5) is 18.9 Å². The van der Waals surface area contributed by atoms with Crippen LogP contribution in [-0.4, -0.2) is 24.4 Å². The highest BCUT2D eigenvalue weighted by Gasteiger charge is 2.42. The summed E-state index contributed by atoms with van der Waals surface area (Å²) in [6, 6.07) is 3.17. The summed E-state index contributed by atoms with van der Waals surface area (Å²) < 4.78 is 38.9. The van der Waals surface area contributed by atoms with Gasteiger partial charge in [-0.2, -0.15) is 0 Å². The van der Waals surface area contributed by atoms with Crippen LogP contribution in [0.1, 0.15) is 12.0 Å². The number of nitrogens with one attached hydrogen (secondary N) is 2. The number of halogens is 4. The minimum Gasteiger partial charge on any atom is -0.325 e. The fourth-order valence-corrected chi connectivity index (χ4v) is 1.85. The van der Waals surface area contributed by atoms with Crippen LogP contribution in [0.5, 0.6) is 0 Å². The van der Waals surface area contributed by atoms with Crippen LogP contribution in [0.15, 0.2) is 18.2 Å². The second-order valence-corrected chi connectivity index (χ2v) is 4.45. The van der Waals surface area contributed by atoms with Crippen LogP contribution in [0, 0.1) is 12.7 Å². The summed E-state index contributed by atoms with van der Waals surface area (Å²) in [6.07, 6.45) is -0.515. The van der Waals surface area contributed by atoms with E-state index < -0.39 is 30.8 Å². The lowest BCUT2D eigenvalue weighted by Gasteiger charge is -2.11. The van der Waals surface area contributed by atoms with Crippen LogP contribution < -0.4 is 10.6 Å². The molecule has 0 saturated carbocycles. The van der Waals surface area contributed by atoms with Crippen molar-refractivity contribution in [3.05, 3.63) is 29.6 Å². The number of rotatable bonds is 2. The van der Waals surface area contributed by atoms with Gasteiger partial charge in [0.05, 0.1) is 12.6 Å². The van der Waals surface area contributed by atoms with E-state index in [9.17, 15) is 18.0 Å². The predicted octanol–water partition coefficient (Wildman–Crippen LogP) is 2.49. The summed E-state index contributed by atoms with van der Waals surface area (Å²) in [5, 5.41) is 4.95. The lowest BCUT2D eigenvalue weighted by Crippen LogP contribution is -2.35. The van der Waals surface area contributed by atoms with Crippen molar-refractivity contribution in [2.45, 2.75) is 25.3 Å². The first-order chi connectivity index (χ1) is 8.37. The third-order valence-corrected chi connectivity index (χ3v) is 2.85. The number of aryl methyl sites for hydroxylation is 1. The van der Waals surface area contributed by atoms with E-state index in [-0.39, 0.29) is 18.2 Å². The molecule has 1 fully saturated rings. The fourth-order valence-electron chi connectivity index (χ4n) is 1.85. The molecule has 3 nitrogen and oxygen atoms in total. The number of benzene rings is 1. The zero-order chi connectivity index (χ0) is 13.3. The average molecular weight is 295 g/mol. The van der Waals surface area contributed by atoms with Crippen molar-refractivity contribution in [2.75, 3.05) is 11.9 Å². The number of hydrogen-bond donors (Lipinski definition) is 2. The molecule has 2 rings (SSSR count). The predicted molar refractivity (Wildman–Crippen MR) is 68.4 cm³/mol. The third-order valence-electron chi connectivity index (χ3n) is 2.85. The molecule has 1 saturated heterocycles. The zero-order valence-corrected chi connectivity index (χ0v) is 11.0. The summed E-state index contributed by atoms with van der Waals surface area (Å²) in [4.78, 5) is 11.7. The van der Waals surface area contributed by atoms with Gasteiger partial charge in [0, 0.05) is 12.1 Å². The molecule has 106 valence electrons. The van der Waals surface area contributed by atoms with Gasteiger partial charge in [0.1, 0.15) is 5.82 Å². The van der Waals surface area contributed by atoms with Gasteiger partial charge in [0.15, 0.2) is 0 Å². The van der Waals surface area contributed by atoms with Crippen molar-refractivity contribution in [3.8, 4) is 0 Å². The molecule has 1 aliphatic rings. The van der Waals surface area contributed by atoms with Crippen LogP contribution in [-0.2, 0) is 4.79 Å². The van der Waals surface area contributed by atoms with Crippen molar-refractivity contribution in [3.63, 3.8) is 0 Å². The Balaban J connectivity index is 0.00000180. The van der Waals surface area contributed by atoms with E-state index in [1.54, 1.807) is 6.92 Å². The summed E-state index contributed by atoms with van der Waals surface area (Å²) in [5.41, 5.74) is 0.786. The van der Waals surface area contributed by atoms with Crippen molar-refractivity contribution < 1.29 is 18.0 Å². The molecule has 0 spiro atoms. The molecule has 1 heterocycles. The van der Waals surface area contributed by atoms with Crippen molar-refractivity contribution >= 4 is 24.0 Å². The standard InChI is InChI=1S/C12H13F3N2O.ClH/c1-7-4-8(2-3-9(7)13)17-11(18)10-5-12(14,15)6-16-10;/h2-4,10,16H,5-6H2,1H3,(H,17,18);1H. The molecule has 1 aromatic rings. The normalized spacial score (nSPS) is 20.7. The Morgan fingerprint density at radius 1 is 1.47 bits per heavy atom. The van der Waals surface area contributed by atoms with Gasteiger partial charge in [-0.05, 0) is 30.7 Å². The lowest BCUT2D eigenvalue weighted by molar-refractivity contribution is -0.118. The van der Waals surface area contributed by atoms with Crippen LogP contribution in [0.25, 0.3) is 0 Å². The van der Waals surface area contributed by atoms with Crippen molar-refractivity contribution in [1.29, 1.82) is 0 Å². The van der Waals surface area contributed by atoms with E-state index in [4.69, 9.17) is 0 Å². The highest BCUT2D eigenvalue weighted by atomic mass is 35.5. The summed E-state index contributed by atoms with van der Waals surface area (Å²) in [5.74, 6) is -3.75. The SMILES string of the molecule is Cc1cc(NC(=O)C2CC(F)(F)CN2)ccc1F.Cl. The molecule has 0 radical (unpaired) electrons. The number of carbonyl (C=O) groups excluding carboxylic acids is 1. The number of carbonyl (C=O) groups is 1. The van der Waals surface area contributed by atoms with Gasteiger partial charge in [-0.3, -0.25) is 10.1 Å². The minimum atomic E-state index is -2.85. The second kappa shape index (κ2) is 5.79. The molecule has 2 N–H and O–H groups in total. The Morgan fingerprint density at radius 3 is 2.68 bits per heavy atom. The second-order valence-electron chi connectivity index (χ2n) is 4.45. The van der Waals surface area contributed by atoms with Crippen molar-refractivity contribution in [1.82, 2.24) is 5.32 Å². The molecule has 1 amide bonds. The van der Waals surface area contributed by atoms with Crippen molar-refractivity contribution in [2.24, 2.45) is 0 Å². The fraction of sp³-hybridized carbons (Fsp3) is 0.417. The van der Waals surface area contributed by atoms with E-state index in [1.165, 1.54) is 18.2 Å². The molecular weight excluding hydrogens is 281 g/mol. The first kappa shape index (κ1) is 15.8. The van der Waals surface area contributed by atoms with E-state index in [2.05, 4.69) is 10.6 Å². The topological polar surface area (TPSA) is 41.1 Å². The Labute approximate surface area is 115 Å². The molecule has 1 unspecified atom stereocenters. The smallest absolute Gasteiger partial charge is 0.262 e. The van der Waals surface area contributed by atoms with E-state index in [0.29, 0.717) is 11.3 Å². The van der Waals surface area contributed by atoms with Gasteiger partial charge >= 0.3 is 0 Å². The van der Waals surface area contributed by atoms with Gasteiger partial charge in [-0.15, -0.1) is 12.4 Å². The van der Waals surface area contributed by atoms with E-state index in [1.807, 2.05) is 0 Å². The molecule has 0 bridgehead atoms. The molecule has 1 aromatic carbocycles. The first-order valence-corrected chi connectivity index (χ1v) is 5.56. The summed E-state index contributed by atoms with van der Waals surface area (Å²) in [6.45, 7) is 1.07. The quantitative estimate of drug-likeness (QED) is 0.880. The monoisotopic (exact) mass is 294 g/mol. The van der Waals surface area contributed by atoms with Gasteiger partial charge in [-0.1, -0.05) is 0 Å². The van der Waals surface area contributed by atoms with Gasteiger partial charge in [0.25, 0.3) is 5.92 Å². The van der Waals surface area contributed by atoms with Crippen LogP contribution in [0.2, 0.25) is 0 Å². The Morgan fingerprint density at radius 2 is 2.16 bits per heavy atom. The molecule has 19 heavy (non-hydrogen) atoms. The number of anilines is 1. The highest BCUT2D eigenvalue weighted by Crippen LogP contribution is 2.25. The maximum atomic E-state index is 13.0. The maximum absolute atomic E-state index is 13.0.